The summed E-state index contributed by atoms with van der Waals surface area (Å²) in [4.78, 5) is 3.52. The third kappa shape index (κ3) is 1.37. The minimum absolute atomic E-state index is 0.160. The summed E-state index contributed by atoms with van der Waals surface area (Å²) in [6, 6.07) is 4.44. The van der Waals surface area contributed by atoms with Gasteiger partial charge in [0.2, 0.25) is 0 Å². The van der Waals surface area contributed by atoms with Crippen molar-refractivity contribution < 1.29 is 5.11 Å². The number of nitrogens with one attached hydrogen (secondary N) is 1. The Bertz CT molecular complexity index is 553. The first kappa shape index (κ1) is 9.91. The topological polar surface area (TPSA) is 36.0 Å². The molecule has 0 spiro atoms. The number of hydrogen-bond acceptors (Lipinski definition) is 1. The Hall–Kier alpha value is -1.28. The molecule has 2 N–H and O–H groups in total. The van der Waals surface area contributed by atoms with Gasteiger partial charge in [0.15, 0.2) is 0 Å². The van der Waals surface area contributed by atoms with Crippen LogP contribution in [0.1, 0.15) is 28.8 Å². The van der Waals surface area contributed by atoms with Gasteiger partial charge in [0.05, 0.1) is 6.10 Å². The number of hydrogen-bond donors (Lipinski definition) is 2. The predicted octanol–water partition coefficient (Wildman–Crippen LogP) is 2.63. The lowest BCUT2D eigenvalue weighted by atomic mass is 9.92. The second-order valence-corrected chi connectivity index (χ2v) is 4.98. The Labute approximate surface area is 95.3 Å². The van der Waals surface area contributed by atoms with Gasteiger partial charge in [0.1, 0.15) is 0 Å². The monoisotopic (exact) mass is 215 g/mol. The molecule has 2 aromatic rings. The molecule has 3 rings (SSSR count). The average molecular weight is 215 g/mol. The van der Waals surface area contributed by atoms with E-state index in [-0.39, 0.29) is 6.10 Å². The van der Waals surface area contributed by atoms with Crippen LogP contribution in [-0.2, 0) is 12.8 Å². The van der Waals surface area contributed by atoms with Gasteiger partial charge in [-0.15, -0.1) is 0 Å². The Morgan fingerprint density at radius 1 is 1.31 bits per heavy atom. The molecule has 0 saturated carbocycles. The molecule has 0 radical (unpaired) electrons. The van der Waals surface area contributed by atoms with Crippen molar-refractivity contribution >= 4 is 10.9 Å². The van der Waals surface area contributed by atoms with Crippen LogP contribution in [0.4, 0.5) is 0 Å². The molecule has 0 bridgehead atoms. The molecule has 1 unspecified atom stereocenters. The largest absolute Gasteiger partial charge is 0.393 e. The van der Waals surface area contributed by atoms with Crippen LogP contribution in [0.15, 0.2) is 12.1 Å². The molecule has 84 valence electrons. The van der Waals surface area contributed by atoms with Crippen LogP contribution < -0.4 is 0 Å². The maximum absolute atomic E-state index is 9.76. The van der Waals surface area contributed by atoms with Crippen LogP contribution in [0.2, 0.25) is 0 Å². The Kier molecular flexibility index (Phi) is 2.08. The van der Waals surface area contributed by atoms with Gasteiger partial charge in [0.25, 0.3) is 0 Å². The molecule has 2 nitrogen and oxygen atoms in total. The van der Waals surface area contributed by atoms with Crippen LogP contribution in [0.5, 0.6) is 0 Å². The number of rotatable bonds is 0. The zero-order valence-electron chi connectivity index (χ0n) is 9.80. The first-order chi connectivity index (χ1) is 7.65. The van der Waals surface area contributed by atoms with Crippen LogP contribution in [0.25, 0.3) is 10.9 Å². The van der Waals surface area contributed by atoms with Gasteiger partial charge in [-0.2, -0.15) is 0 Å². The number of fused-ring (bicyclic) bond motifs is 3. The number of aromatic amines is 1. The summed E-state index contributed by atoms with van der Waals surface area (Å²) in [5.41, 5.74) is 6.52. The van der Waals surface area contributed by atoms with Gasteiger partial charge in [0, 0.05) is 23.0 Å². The average Bonchev–Trinajstić information content (AvgIpc) is 2.57. The molecular formula is C14H17NO. The van der Waals surface area contributed by atoms with E-state index in [0.29, 0.717) is 0 Å². The Morgan fingerprint density at radius 3 is 2.94 bits per heavy atom. The van der Waals surface area contributed by atoms with Crippen molar-refractivity contribution in [3.8, 4) is 0 Å². The molecule has 1 aliphatic rings. The number of benzene rings is 1. The molecule has 1 heterocycles. The first-order valence-corrected chi connectivity index (χ1v) is 5.94. The quantitative estimate of drug-likeness (QED) is 0.696. The van der Waals surface area contributed by atoms with Crippen molar-refractivity contribution in [2.24, 2.45) is 0 Å². The van der Waals surface area contributed by atoms with Crippen LogP contribution in [0.3, 0.4) is 0 Å². The minimum Gasteiger partial charge on any atom is -0.393 e. The SMILES string of the molecule is Cc1cc(C)c2[nH]c3c(c2c1)CC(O)CC3. The molecule has 0 fully saturated rings. The number of aromatic nitrogens is 1. The zero-order chi connectivity index (χ0) is 11.3. The molecule has 0 aliphatic heterocycles. The standard InChI is InChI=1S/C14H17NO/c1-8-5-9(2)14-12(6-8)11-7-10(16)3-4-13(11)15-14/h5-6,10,15-16H,3-4,7H2,1-2H3. The van der Waals surface area contributed by atoms with Gasteiger partial charge in [-0.3, -0.25) is 0 Å². The van der Waals surface area contributed by atoms with Gasteiger partial charge < -0.3 is 10.1 Å². The predicted molar refractivity (Wildman–Crippen MR) is 65.8 cm³/mol. The van der Waals surface area contributed by atoms with Gasteiger partial charge >= 0.3 is 0 Å². The number of H-pyrrole nitrogens is 1. The second-order valence-electron chi connectivity index (χ2n) is 4.98. The molecular weight excluding hydrogens is 198 g/mol. The van der Waals surface area contributed by atoms with Gasteiger partial charge in [-0.25, -0.2) is 0 Å². The van der Waals surface area contributed by atoms with Crippen molar-refractivity contribution in [3.63, 3.8) is 0 Å². The molecule has 16 heavy (non-hydrogen) atoms. The number of aliphatic hydroxyl groups is 1. The van der Waals surface area contributed by atoms with Crippen molar-refractivity contribution in [1.82, 2.24) is 4.98 Å². The highest BCUT2D eigenvalue weighted by atomic mass is 16.3. The van der Waals surface area contributed by atoms with Crippen molar-refractivity contribution in [2.75, 3.05) is 0 Å². The van der Waals surface area contributed by atoms with E-state index in [1.54, 1.807) is 0 Å². The van der Waals surface area contributed by atoms with Gasteiger partial charge in [-0.1, -0.05) is 11.6 Å². The molecule has 0 amide bonds. The highest BCUT2D eigenvalue weighted by Gasteiger charge is 2.21. The van der Waals surface area contributed by atoms with Crippen LogP contribution in [0, 0.1) is 13.8 Å². The third-order valence-corrected chi connectivity index (χ3v) is 3.61. The number of aryl methyl sites for hydroxylation is 3. The third-order valence-electron chi connectivity index (χ3n) is 3.61. The summed E-state index contributed by atoms with van der Waals surface area (Å²) in [7, 11) is 0. The molecule has 1 aromatic heterocycles. The van der Waals surface area contributed by atoms with Gasteiger partial charge in [-0.05, 0) is 43.9 Å². The Morgan fingerprint density at radius 2 is 2.12 bits per heavy atom. The van der Waals surface area contributed by atoms with E-state index in [1.807, 2.05) is 0 Å². The van der Waals surface area contributed by atoms with E-state index in [2.05, 4.69) is 31.0 Å². The van der Waals surface area contributed by atoms with E-state index >= 15 is 0 Å². The molecule has 2 heteroatoms. The van der Waals surface area contributed by atoms with E-state index in [9.17, 15) is 5.11 Å². The highest BCUT2D eigenvalue weighted by molar-refractivity contribution is 5.88. The lowest BCUT2D eigenvalue weighted by molar-refractivity contribution is 0.158. The maximum atomic E-state index is 9.76. The summed E-state index contributed by atoms with van der Waals surface area (Å²) in [6.45, 7) is 4.28. The molecule has 1 aliphatic carbocycles. The van der Waals surface area contributed by atoms with Crippen LogP contribution >= 0.6 is 0 Å². The fraction of sp³-hybridized carbons (Fsp3) is 0.429. The van der Waals surface area contributed by atoms with Crippen LogP contribution in [-0.4, -0.2) is 16.2 Å². The van der Waals surface area contributed by atoms with Crippen molar-refractivity contribution in [3.05, 3.63) is 34.5 Å². The summed E-state index contributed by atoms with van der Waals surface area (Å²) >= 11 is 0. The van der Waals surface area contributed by atoms with E-state index in [1.165, 1.54) is 33.3 Å². The molecule has 1 aromatic carbocycles. The number of aliphatic hydroxyl groups excluding tert-OH is 1. The first-order valence-electron chi connectivity index (χ1n) is 5.94. The van der Waals surface area contributed by atoms with E-state index in [0.717, 1.165) is 19.3 Å². The summed E-state index contributed by atoms with van der Waals surface area (Å²) in [5, 5.41) is 11.1. The zero-order valence-corrected chi connectivity index (χ0v) is 9.80. The fourth-order valence-corrected chi connectivity index (χ4v) is 2.86. The Balaban J connectivity index is 2.30. The summed E-state index contributed by atoms with van der Waals surface area (Å²) in [6.07, 6.45) is 2.51. The van der Waals surface area contributed by atoms with E-state index in [4.69, 9.17) is 0 Å². The fourth-order valence-electron chi connectivity index (χ4n) is 2.86. The normalized spacial score (nSPS) is 20.1. The second kappa shape index (κ2) is 3.36. The lowest BCUT2D eigenvalue weighted by Gasteiger charge is -2.17. The summed E-state index contributed by atoms with van der Waals surface area (Å²) < 4.78 is 0. The summed E-state index contributed by atoms with van der Waals surface area (Å²) in [5.74, 6) is 0. The lowest BCUT2D eigenvalue weighted by Crippen LogP contribution is -2.17. The maximum Gasteiger partial charge on any atom is 0.0585 e. The molecule has 1 atom stereocenters. The minimum atomic E-state index is -0.160. The molecule has 0 saturated heterocycles. The smallest absolute Gasteiger partial charge is 0.0585 e. The van der Waals surface area contributed by atoms with Crippen molar-refractivity contribution in [2.45, 2.75) is 39.2 Å². The van der Waals surface area contributed by atoms with Crippen molar-refractivity contribution in [1.29, 1.82) is 0 Å². The highest BCUT2D eigenvalue weighted by Crippen LogP contribution is 2.31. The van der Waals surface area contributed by atoms with E-state index < -0.39 is 0 Å².